The van der Waals surface area contributed by atoms with E-state index >= 15 is 0 Å². The lowest BCUT2D eigenvalue weighted by atomic mass is 9.85. The SMILES string of the molecule is [2H]c1c([2H])c([2H])c(-c2c([2H])c([2H])c([2H])c3oc4c([2H])c(-c5c6ccccc6c(-c6cccc(-c7ccccc7)c6)c6ccccc56)c([2H])c([2H])c4c23)c([2H])c1[2H]. The van der Waals surface area contributed by atoms with Crippen LogP contribution >= 0.6 is 0 Å². The molecule has 1 aromatic heterocycles. The van der Waals surface area contributed by atoms with Crippen molar-refractivity contribution in [3.63, 3.8) is 0 Å². The third-order valence-electron chi connectivity index (χ3n) is 8.26. The molecule has 0 N–H and O–H groups in total. The maximum Gasteiger partial charge on any atom is 0.136 e. The largest absolute Gasteiger partial charge is 0.456 e. The zero-order valence-corrected chi connectivity index (χ0v) is 23.7. The van der Waals surface area contributed by atoms with Crippen molar-refractivity contribution < 1.29 is 19.5 Å². The maximum atomic E-state index is 9.66. The third-order valence-corrected chi connectivity index (χ3v) is 8.26. The van der Waals surface area contributed by atoms with E-state index < -0.39 is 59.9 Å². The van der Waals surface area contributed by atoms with Crippen LogP contribution in [0, 0.1) is 0 Å². The normalized spacial score (nSPS) is 15.0. The molecule has 0 amide bonds. The highest BCUT2D eigenvalue weighted by molar-refractivity contribution is 6.22. The van der Waals surface area contributed by atoms with E-state index in [9.17, 15) is 4.11 Å². The van der Waals surface area contributed by atoms with Gasteiger partial charge in [-0.3, -0.25) is 0 Å². The quantitative estimate of drug-likeness (QED) is 0.188. The second kappa shape index (κ2) is 10.4. The summed E-state index contributed by atoms with van der Waals surface area (Å²) in [6.07, 6.45) is 0. The molecule has 0 fully saturated rings. The van der Waals surface area contributed by atoms with Gasteiger partial charge in [0.05, 0.1) is 15.1 Å². The Balaban J connectivity index is 1.40. The lowest BCUT2D eigenvalue weighted by Crippen LogP contribution is -1.91. The number of fused-ring (bicyclic) bond motifs is 5. The highest BCUT2D eigenvalue weighted by Crippen LogP contribution is 2.45. The molecular formula is C44H28O. The Morgan fingerprint density at radius 2 is 1.02 bits per heavy atom. The van der Waals surface area contributed by atoms with E-state index in [1.54, 1.807) is 0 Å². The van der Waals surface area contributed by atoms with Gasteiger partial charge in [-0.25, -0.2) is 0 Å². The molecule has 0 spiro atoms. The minimum Gasteiger partial charge on any atom is -0.456 e. The zero-order chi connectivity index (χ0) is 39.3. The van der Waals surface area contributed by atoms with E-state index in [1.165, 1.54) is 0 Å². The molecule has 0 aliphatic carbocycles. The first-order valence-corrected chi connectivity index (χ1v) is 14.5. The molecule has 1 heteroatoms. The Morgan fingerprint density at radius 3 is 1.73 bits per heavy atom. The van der Waals surface area contributed by atoms with E-state index in [0.717, 1.165) is 43.8 Å². The van der Waals surface area contributed by atoms with Gasteiger partial charge in [0.25, 0.3) is 0 Å². The smallest absolute Gasteiger partial charge is 0.136 e. The first kappa shape index (κ1) is 16.8. The lowest BCUT2D eigenvalue weighted by Gasteiger charge is -2.18. The molecule has 0 radical (unpaired) electrons. The Morgan fingerprint density at radius 1 is 0.400 bits per heavy atom. The van der Waals surface area contributed by atoms with Crippen LogP contribution in [0.25, 0.3) is 88.0 Å². The molecule has 1 nitrogen and oxygen atoms in total. The van der Waals surface area contributed by atoms with Crippen molar-refractivity contribution in [1.82, 2.24) is 0 Å². The van der Waals surface area contributed by atoms with E-state index in [0.29, 0.717) is 5.56 Å². The van der Waals surface area contributed by atoms with Gasteiger partial charge in [-0.15, -0.1) is 0 Å². The molecule has 0 bridgehead atoms. The van der Waals surface area contributed by atoms with Crippen molar-refractivity contribution in [3.8, 4) is 44.5 Å². The maximum absolute atomic E-state index is 9.66. The predicted molar refractivity (Wildman–Crippen MR) is 190 cm³/mol. The van der Waals surface area contributed by atoms with E-state index in [4.69, 9.17) is 15.4 Å². The molecule has 0 aliphatic heterocycles. The molecule has 0 aliphatic rings. The molecule has 45 heavy (non-hydrogen) atoms. The van der Waals surface area contributed by atoms with Crippen LogP contribution in [-0.2, 0) is 0 Å². The summed E-state index contributed by atoms with van der Waals surface area (Å²) in [6, 6.07) is 27.8. The fourth-order valence-corrected chi connectivity index (χ4v) is 6.33. The van der Waals surface area contributed by atoms with Gasteiger partial charge >= 0.3 is 0 Å². The summed E-state index contributed by atoms with van der Waals surface area (Å²) in [5, 5.41) is 2.92. The van der Waals surface area contributed by atoms with Gasteiger partial charge < -0.3 is 4.42 Å². The number of hydrogen-bond donors (Lipinski definition) is 0. The van der Waals surface area contributed by atoms with Gasteiger partial charge in [0.2, 0.25) is 0 Å². The van der Waals surface area contributed by atoms with Crippen LogP contribution in [0.5, 0.6) is 0 Å². The van der Waals surface area contributed by atoms with Gasteiger partial charge in [0, 0.05) is 10.8 Å². The minimum absolute atomic E-state index is 0.103. The second-order valence-corrected chi connectivity index (χ2v) is 10.8. The third kappa shape index (κ3) is 4.17. The van der Waals surface area contributed by atoms with Crippen LogP contribution in [0.4, 0.5) is 0 Å². The topological polar surface area (TPSA) is 13.1 Å². The Bertz CT molecular complexity index is 3070. The summed E-state index contributed by atoms with van der Waals surface area (Å²) in [5.74, 6) is 0. The van der Waals surface area contributed by atoms with Crippen LogP contribution in [0.15, 0.2) is 174 Å². The minimum atomic E-state index is -0.660. The van der Waals surface area contributed by atoms with E-state index in [1.807, 2.05) is 72.8 Å². The zero-order valence-electron chi connectivity index (χ0n) is 34.7. The van der Waals surface area contributed by atoms with Crippen LogP contribution in [-0.4, -0.2) is 0 Å². The van der Waals surface area contributed by atoms with Gasteiger partial charge in [-0.1, -0.05) is 145 Å². The molecule has 0 atom stereocenters. The summed E-state index contributed by atoms with van der Waals surface area (Å²) in [4.78, 5) is 0. The summed E-state index contributed by atoms with van der Waals surface area (Å²) >= 11 is 0. The van der Waals surface area contributed by atoms with Crippen LogP contribution in [0.2, 0.25) is 0 Å². The highest BCUT2D eigenvalue weighted by Gasteiger charge is 2.19. The molecule has 210 valence electrons. The lowest BCUT2D eigenvalue weighted by molar-refractivity contribution is 0.669. The highest BCUT2D eigenvalue weighted by atomic mass is 16.3. The standard InChI is InChI=1S/C44H28O/c1-3-13-29(14-4-1)31-17-11-18-32(27-31)42-35-19-7-9-21-37(35)43(38-22-10-8-20-36(38)42)33-25-26-39-41(28-33)45-40-24-12-23-34(44(39)40)30-15-5-2-6-16-30/h1-28H/i2D,5D,6D,12D,15D,16D,23D,24D,25D,26D,28D. The van der Waals surface area contributed by atoms with Crippen molar-refractivity contribution >= 4 is 43.5 Å². The van der Waals surface area contributed by atoms with Gasteiger partial charge in [0.1, 0.15) is 11.2 Å². The Labute approximate surface area is 277 Å². The Hall–Kier alpha value is -5.92. The van der Waals surface area contributed by atoms with Crippen molar-refractivity contribution in [2.24, 2.45) is 0 Å². The fraction of sp³-hybridized carbons (Fsp3) is 0. The molecular weight excluding hydrogens is 544 g/mol. The average Bonchev–Trinajstić information content (AvgIpc) is 3.63. The fourth-order valence-electron chi connectivity index (χ4n) is 6.33. The molecule has 1 heterocycles. The van der Waals surface area contributed by atoms with Gasteiger partial charge in [-0.05, 0) is 90.2 Å². The molecule has 9 rings (SSSR count). The summed E-state index contributed by atoms with van der Waals surface area (Å²) in [7, 11) is 0. The summed E-state index contributed by atoms with van der Waals surface area (Å²) < 4.78 is 103. The molecule has 8 aromatic carbocycles. The van der Waals surface area contributed by atoms with Crippen molar-refractivity contribution in [2.45, 2.75) is 0 Å². The Kier molecular flexibility index (Phi) is 3.87. The van der Waals surface area contributed by atoms with Gasteiger partial charge in [-0.2, -0.15) is 0 Å². The van der Waals surface area contributed by atoms with Crippen LogP contribution in [0.1, 0.15) is 15.1 Å². The monoisotopic (exact) mass is 583 g/mol. The molecule has 0 unspecified atom stereocenters. The number of benzene rings is 8. The van der Waals surface area contributed by atoms with Crippen molar-refractivity contribution in [2.75, 3.05) is 0 Å². The number of hydrogen-bond acceptors (Lipinski definition) is 1. The first-order chi connectivity index (χ1) is 26.9. The second-order valence-electron chi connectivity index (χ2n) is 10.8. The first-order valence-electron chi connectivity index (χ1n) is 20.0. The van der Waals surface area contributed by atoms with Gasteiger partial charge in [0.15, 0.2) is 0 Å². The van der Waals surface area contributed by atoms with E-state index in [-0.39, 0.29) is 45.2 Å². The van der Waals surface area contributed by atoms with Crippen LogP contribution < -0.4 is 0 Å². The van der Waals surface area contributed by atoms with Crippen molar-refractivity contribution in [1.29, 1.82) is 0 Å². The van der Waals surface area contributed by atoms with Crippen molar-refractivity contribution in [3.05, 3.63) is 170 Å². The predicted octanol–water partition coefficient (Wildman–Crippen LogP) is 12.6. The van der Waals surface area contributed by atoms with Crippen LogP contribution in [0.3, 0.4) is 0 Å². The average molecular weight is 584 g/mol. The summed E-state index contributed by atoms with van der Waals surface area (Å²) in [6.45, 7) is 0. The molecule has 0 saturated heterocycles. The number of furan rings is 1. The molecule has 9 aromatic rings. The number of rotatable bonds is 4. The van der Waals surface area contributed by atoms with E-state index in [2.05, 4.69) is 30.3 Å². The summed E-state index contributed by atoms with van der Waals surface area (Å²) in [5.41, 5.74) is 3.51. The molecule has 0 saturated carbocycles.